The highest BCUT2D eigenvalue weighted by molar-refractivity contribution is 6.12. The summed E-state index contributed by atoms with van der Waals surface area (Å²) in [6, 6.07) is 13.6. The van der Waals surface area contributed by atoms with Crippen LogP contribution >= 0.6 is 0 Å². The molecule has 4 heteroatoms. The third-order valence-electron chi connectivity index (χ3n) is 2.74. The van der Waals surface area contributed by atoms with Crippen molar-refractivity contribution in [3.05, 3.63) is 59.7 Å². The Labute approximate surface area is 116 Å². The van der Waals surface area contributed by atoms with Gasteiger partial charge in [0.15, 0.2) is 0 Å². The highest BCUT2D eigenvalue weighted by Crippen LogP contribution is 2.26. The zero-order valence-electron chi connectivity index (χ0n) is 11.3. The number of methoxy groups -OCH3 is 1. The van der Waals surface area contributed by atoms with Crippen LogP contribution in [-0.2, 0) is 4.79 Å². The third-order valence-corrected chi connectivity index (χ3v) is 2.74. The fourth-order valence-corrected chi connectivity index (χ4v) is 1.88. The summed E-state index contributed by atoms with van der Waals surface area (Å²) in [5.41, 5.74) is 0.752. The summed E-state index contributed by atoms with van der Waals surface area (Å²) in [4.78, 5) is 23.6. The van der Waals surface area contributed by atoms with Crippen molar-refractivity contribution < 1.29 is 19.1 Å². The molecule has 0 atom stereocenters. The molecule has 0 N–H and O–H groups in total. The summed E-state index contributed by atoms with van der Waals surface area (Å²) < 4.78 is 10.2. The number of hydrogen-bond acceptors (Lipinski definition) is 4. The molecule has 0 bridgehead atoms. The standard InChI is InChI=1S/C16H14O4/c1-11(17)20-15-10-6-4-8-13(15)16(18)12-7-3-5-9-14(12)19-2/h3-10H,1-2H3. The Morgan fingerprint density at radius 2 is 1.35 bits per heavy atom. The van der Waals surface area contributed by atoms with Crippen LogP contribution in [0.25, 0.3) is 0 Å². The summed E-state index contributed by atoms with van der Waals surface area (Å²) in [5.74, 6) is 0.00982. The molecule has 20 heavy (non-hydrogen) atoms. The molecule has 0 fully saturated rings. The van der Waals surface area contributed by atoms with Gasteiger partial charge in [-0.1, -0.05) is 24.3 Å². The van der Waals surface area contributed by atoms with E-state index in [9.17, 15) is 9.59 Å². The van der Waals surface area contributed by atoms with E-state index in [0.29, 0.717) is 16.9 Å². The SMILES string of the molecule is COc1ccccc1C(=O)c1ccccc1OC(C)=O. The molecule has 0 aliphatic carbocycles. The van der Waals surface area contributed by atoms with Gasteiger partial charge in [-0.15, -0.1) is 0 Å². The van der Waals surface area contributed by atoms with Gasteiger partial charge in [-0.2, -0.15) is 0 Å². The van der Waals surface area contributed by atoms with E-state index >= 15 is 0 Å². The Balaban J connectivity index is 2.46. The molecular weight excluding hydrogens is 256 g/mol. The van der Waals surface area contributed by atoms with Crippen molar-refractivity contribution in [2.24, 2.45) is 0 Å². The first-order valence-corrected chi connectivity index (χ1v) is 6.08. The number of ether oxygens (including phenoxy) is 2. The van der Waals surface area contributed by atoms with E-state index in [2.05, 4.69) is 0 Å². The molecule has 0 amide bonds. The Morgan fingerprint density at radius 1 is 0.850 bits per heavy atom. The average Bonchev–Trinajstić information content (AvgIpc) is 2.46. The van der Waals surface area contributed by atoms with Crippen molar-refractivity contribution in [3.8, 4) is 11.5 Å². The molecule has 0 radical (unpaired) electrons. The molecule has 0 saturated carbocycles. The molecule has 0 aromatic heterocycles. The second-order valence-electron chi connectivity index (χ2n) is 4.12. The highest BCUT2D eigenvalue weighted by atomic mass is 16.5. The van der Waals surface area contributed by atoms with E-state index < -0.39 is 5.97 Å². The zero-order chi connectivity index (χ0) is 14.5. The maximum atomic E-state index is 12.6. The van der Waals surface area contributed by atoms with Gasteiger partial charge in [0, 0.05) is 6.92 Å². The van der Waals surface area contributed by atoms with Gasteiger partial charge in [0.2, 0.25) is 5.78 Å². The number of hydrogen-bond donors (Lipinski definition) is 0. The normalized spacial score (nSPS) is 9.90. The number of benzene rings is 2. The maximum absolute atomic E-state index is 12.6. The van der Waals surface area contributed by atoms with E-state index in [1.54, 1.807) is 48.5 Å². The molecule has 0 aliphatic heterocycles. The van der Waals surface area contributed by atoms with E-state index in [4.69, 9.17) is 9.47 Å². The minimum Gasteiger partial charge on any atom is -0.496 e. The van der Waals surface area contributed by atoms with Crippen LogP contribution in [0.2, 0.25) is 0 Å². The molecule has 0 saturated heterocycles. The van der Waals surface area contributed by atoms with E-state index in [-0.39, 0.29) is 11.5 Å². The van der Waals surface area contributed by atoms with Gasteiger partial charge < -0.3 is 9.47 Å². The first kappa shape index (κ1) is 13.8. The Hall–Kier alpha value is -2.62. The molecular formula is C16H14O4. The van der Waals surface area contributed by atoms with Gasteiger partial charge in [-0.25, -0.2) is 0 Å². The molecule has 0 spiro atoms. The van der Waals surface area contributed by atoms with Crippen LogP contribution in [0, 0.1) is 0 Å². The van der Waals surface area contributed by atoms with Crippen molar-refractivity contribution in [2.45, 2.75) is 6.92 Å². The molecule has 0 unspecified atom stereocenters. The van der Waals surface area contributed by atoms with Crippen molar-refractivity contribution in [3.63, 3.8) is 0 Å². The summed E-state index contributed by atoms with van der Waals surface area (Å²) >= 11 is 0. The lowest BCUT2D eigenvalue weighted by atomic mass is 10.0. The Morgan fingerprint density at radius 3 is 1.90 bits per heavy atom. The van der Waals surface area contributed by atoms with Crippen molar-refractivity contribution >= 4 is 11.8 Å². The Kier molecular flexibility index (Phi) is 4.15. The predicted molar refractivity (Wildman–Crippen MR) is 74.2 cm³/mol. The molecule has 0 heterocycles. The fourth-order valence-electron chi connectivity index (χ4n) is 1.88. The average molecular weight is 270 g/mol. The smallest absolute Gasteiger partial charge is 0.308 e. The summed E-state index contributed by atoms with van der Waals surface area (Å²) in [5, 5.41) is 0. The van der Waals surface area contributed by atoms with Crippen molar-refractivity contribution in [1.82, 2.24) is 0 Å². The van der Waals surface area contributed by atoms with Crippen molar-refractivity contribution in [2.75, 3.05) is 7.11 Å². The second kappa shape index (κ2) is 6.02. The minimum atomic E-state index is -0.467. The number of rotatable bonds is 4. The molecule has 2 aromatic carbocycles. The van der Waals surface area contributed by atoms with Crippen LogP contribution < -0.4 is 9.47 Å². The monoisotopic (exact) mass is 270 g/mol. The summed E-state index contributed by atoms with van der Waals surface area (Å²) in [6.45, 7) is 1.30. The molecule has 0 aliphatic rings. The molecule has 2 aromatic rings. The van der Waals surface area contributed by atoms with E-state index in [1.807, 2.05) is 0 Å². The van der Waals surface area contributed by atoms with Gasteiger partial charge in [0.05, 0.1) is 18.2 Å². The minimum absolute atomic E-state index is 0.246. The van der Waals surface area contributed by atoms with Crippen LogP contribution in [0.3, 0.4) is 0 Å². The maximum Gasteiger partial charge on any atom is 0.308 e. The Bertz CT molecular complexity index is 646. The van der Waals surface area contributed by atoms with Crippen LogP contribution in [0.15, 0.2) is 48.5 Å². The van der Waals surface area contributed by atoms with E-state index in [1.165, 1.54) is 14.0 Å². The van der Waals surface area contributed by atoms with Gasteiger partial charge in [-0.05, 0) is 24.3 Å². The zero-order valence-corrected chi connectivity index (χ0v) is 11.3. The number of carbonyl (C=O) groups excluding carboxylic acids is 2. The summed E-state index contributed by atoms with van der Waals surface area (Å²) in [7, 11) is 1.50. The first-order chi connectivity index (χ1) is 9.63. The fraction of sp³-hybridized carbons (Fsp3) is 0.125. The molecule has 102 valence electrons. The lowest BCUT2D eigenvalue weighted by Crippen LogP contribution is -2.09. The number of para-hydroxylation sites is 2. The highest BCUT2D eigenvalue weighted by Gasteiger charge is 2.18. The van der Waals surface area contributed by atoms with Crippen molar-refractivity contribution in [1.29, 1.82) is 0 Å². The van der Waals surface area contributed by atoms with Gasteiger partial charge in [-0.3, -0.25) is 9.59 Å². The third kappa shape index (κ3) is 2.85. The number of ketones is 1. The molecule has 2 rings (SSSR count). The van der Waals surface area contributed by atoms with Crippen LogP contribution in [0.4, 0.5) is 0 Å². The van der Waals surface area contributed by atoms with Crippen LogP contribution in [0.5, 0.6) is 11.5 Å². The lowest BCUT2D eigenvalue weighted by Gasteiger charge is -2.10. The van der Waals surface area contributed by atoms with E-state index in [0.717, 1.165) is 0 Å². The largest absolute Gasteiger partial charge is 0.496 e. The lowest BCUT2D eigenvalue weighted by molar-refractivity contribution is -0.131. The second-order valence-corrected chi connectivity index (χ2v) is 4.12. The summed E-state index contributed by atoms with van der Waals surface area (Å²) in [6.07, 6.45) is 0. The number of carbonyl (C=O) groups is 2. The first-order valence-electron chi connectivity index (χ1n) is 6.08. The topological polar surface area (TPSA) is 52.6 Å². The van der Waals surface area contributed by atoms with Crippen LogP contribution in [0.1, 0.15) is 22.8 Å². The van der Waals surface area contributed by atoms with Gasteiger partial charge in [0.1, 0.15) is 11.5 Å². The van der Waals surface area contributed by atoms with Gasteiger partial charge >= 0.3 is 5.97 Å². The number of esters is 1. The van der Waals surface area contributed by atoms with Gasteiger partial charge in [0.25, 0.3) is 0 Å². The predicted octanol–water partition coefficient (Wildman–Crippen LogP) is 2.85. The quantitative estimate of drug-likeness (QED) is 0.487. The van der Waals surface area contributed by atoms with Crippen LogP contribution in [-0.4, -0.2) is 18.9 Å². The molecule has 4 nitrogen and oxygen atoms in total.